The lowest BCUT2D eigenvalue weighted by Gasteiger charge is -2.34. The molecule has 2 atom stereocenters. The third kappa shape index (κ3) is 6.72. The molecule has 30 heavy (non-hydrogen) atoms. The zero-order valence-corrected chi connectivity index (χ0v) is 19.5. The number of unbranched alkanes of at least 4 members (excludes halogenated alkanes) is 1. The van der Waals surface area contributed by atoms with Crippen LogP contribution < -0.4 is 10.1 Å². The number of carbonyl (C=O) groups excluding carboxylic acids is 3. The maximum Gasteiger partial charge on any atom is 0.308 e. The highest BCUT2D eigenvalue weighted by atomic mass is 79.9. The van der Waals surface area contributed by atoms with Gasteiger partial charge in [0.05, 0.1) is 17.5 Å². The first-order valence-corrected chi connectivity index (χ1v) is 11.3. The second-order valence-corrected chi connectivity index (χ2v) is 8.31. The molecule has 1 aliphatic heterocycles. The average molecular weight is 483 g/mol. The number of hydrogen-bond donors (Lipinski definition) is 1. The van der Waals surface area contributed by atoms with Crippen LogP contribution in [0.5, 0.6) is 5.75 Å². The van der Waals surface area contributed by atoms with Gasteiger partial charge in [-0.2, -0.15) is 0 Å². The van der Waals surface area contributed by atoms with Crippen molar-refractivity contribution in [2.24, 2.45) is 0 Å². The monoisotopic (exact) mass is 482 g/mol. The van der Waals surface area contributed by atoms with Gasteiger partial charge in [0.15, 0.2) is 6.61 Å². The maximum atomic E-state index is 12.8. The van der Waals surface area contributed by atoms with Crippen molar-refractivity contribution in [3.8, 4) is 5.75 Å². The van der Waals surface area contributed by atoms with Gasteiger partial charge in [-0.15, -0.1) is 0 Å². The Labute approximate surface area is 186 Å². The first-order chi connectivity index (χ1) is 14.4. The third-order valence-corrected chi connectivity index (χ3v) is 5.88. The van der Waals surface area contributed by atoms with Crippen LogP contribution in [0.15, 0.2) is 22.7 Å². The summed E-state index contributed by atoms with van der Waals surface area (Å²) in [4.78, 5) is 38.5. The van der Waals surface area contributed by atoms with Crippen LogP contribution in [0.1, 0.15) is 57.9 Å². The molecule has 2 amide bonds. The molecule has 1 fully saturated rings. The van der Waals surface area contributed by atoms with Crippen molar-refractivity contribution in [1.29, 1.82) is 0 Å². The normalized spacial score (nSPS) is 17.3. The van der Waals surface area contributed by atoms with E-state index in [-0.39, 0.29) is 24.8 Å². The summed E-state index contributed by atoms with van der Waals surface area (Å²) in [5.74, 6) is -0.170. The van der Waals surface area contributed by atoms with Crippen LogP contribution in [0, 0.1) is 0 Å². The van der Waals surface area contributed by atoms with E-state index in [2.05, 4.69) is 35.1 Å². The van der Waals surface area contributed by atoms with Crippen LogP contribution >= 0.6 is 15.9 Å². The number of benzene rings is 1. The highest BCUT2D eigenvalue weighted by molar-refractivity contribution is 9.10. The summed E-state index contributed by atoms with van der Waals surface area (Å²) in [6.07, 6.45) is 2.55. The minimum Gasteiger partial charge on any atom is -0.483 e. The lowest BCUT2D eigenvalue weighted by atomic mass is 9.99. The molecule has 0 aromatic heterocycles. The number of piperazine rings is 1. The summed E-state index contributed by atoms with van der Waals surface area (Å²) in [5.41, 5.74) is 1.19. The summed E-state index contributed by atoms with van der Waals surface area (Å²) in [6.45, 7) is 7.07. The molecule has 2 rings (SSSR count). The molecule has 1 saturated heterocycles. The highest BCUT2D eigenvalue weighted by Gasteiger charge is 2.35. The fraction of sp³-hybridized carbons (Fsp3) is 0.591. The number of halogens is 1. The van der Waals surface area contributed by atoms with E-state index in [1.807, 2.05) is 25.1 Å². The molecule has 0 spiro atoms. The Morgan fingerprint density at radius 3 is 2.77 bits per heavy atom. The summed E-state index contributed by atoms with van der Waals surface area (Å²) >= 11 is 3.50. The van der Waals surface area contributed by atoms with Crippen LogP contribution in [0.25, 0.3) is 0 Å². The van der Waals surface area contributed by atoms with E-state index in [0.29, 0.717) is 31.4 Å². The van der Waals surface area contributed by atoms with Gasteiger partial charge in [0.25, 0.3) is 5.91 Å². The van der Waals surface area contributed by atoms with E-state index in [9.17, 15) is 14.4 Å². The van der Waals surface area contributed by atoms with Gasteiger partial charge >= 0.3 is 5.97 Å². The summed E-state index contributed by atoms with van der Waals surface area (Å²) in [6, 6.07) is 4.95. The molecule has 0 bridgehead atoms. The molecule has 0 radical (unpaired) electrons. The van der Waals surface area contributed by atoms with Crippen LogP contribution in [0.4, 0.5) is 0 Å². The van der Waals surface area contributed by atoms with Gasteiger partial charge in [-0.1, -0.05) is 33.3 Å². The molecule has 2 unspecified atom stereocenters. The van der Waals surface area contributed by atoms with Crippen molar-refractivity contribution < 1.29 is 23.9 Å². The Balaban J connectivity index is 1.98. The smallest absolute Gasteiger partial charge is 0.308 e. The molecule has 1 aromatic carbocycles. The third-order valence-electron chi connectivity index (χ3n) is 5.26. The van der Waals surface area contributed by atoms with Crippen LogP contribution in [-0.2, 0) is 19.1 Å². The second-order valence-electron chi connectivity index (χ2n) is 7.46. The largest absolute Gasteiger partial charge is 0.483 e. The van der Waals surface area contributed by atoms with Gasteiger partial charge in [-0.05, 0) is 52.4 Å². The van der Waals surface area contributed by atoms with Gasteiger partial charge in [-0.25, -0.2) is 0 Å². The van der Waals surface area contributed by atoms with Gasteiger partial charge in [0.1, 0.15) is 11.8 Å². The number of rotatable bonds is 10. The van der Waals surface area contributed by atoms with Gasteiger partial charge in [0.2, 0.25) is 5.91 Å². The predicted octanol–water partition coefficient (Wildman–Crippen LogP) is 3.40. The molecule has 7 nitrogen and oxygen atoms in total. The predicted molar refractivity (Wildman–Crippen MR) is 117 cm³/mol. The van der Waals surface area contributed by atoms with E-state index in [0.717, 1.165) is 23.7 Å². The van der Waals surface area contributed by atoms with E-state index >= 15 is 0 Å². The molecular weight excluding hydrogens is 452 g/mol. The molecule has 1 heterocycles. The molecule has 1 aliphatic rings. The Bertz CT molecular complexity index is 755. The molecular formula is C22H31BrN2O5. The number of nitrogens with zero attached hydrogens (tertiary/aromatic N) is 1. The van der Waals surface area contributed by atoms with Crippen LogP contribution in [-0.4, -0.2) is 55.0 Å². The quantitative estimate of drug-likeness (QED) is 0.408. The van der Waals surface area contributed by atoms with Crippen molar-refractivity contribution in [2.45, 2.75) is 58.4 Å². The van der Waals surface area contributed by atoms with Gasteiger partial charge in [-0.3, -0.25) is 14.4 Å². The minimum absolute atomic E-state index is 0.158. The molecule has 0 aliphatic carbocycles. The van der Waals surface area contributed by atoms with E-state index in [1.54, 1.807) is 0 Å². The van der Waals surface area contributed by atoms with Crippen LogP contribution in [0.2, 0.25) is 0 Å². The second kappa shape index (κ2) is 11.9. The first kappa shape index (κ1) is 24.2. The molecule has 1 aromatic rings. The summed E-state index contributed by atoms with van der Waals surface area (Å²) in [7, 11) is 0. The van der Waals surface area contributed by atoms with Crippen molar-refractivity contribution in [1.82, 2.24) is 10.2 Å². The van der Waals surface area contributed by atoms with Gasteiger partial charge in [0, 0.05) is 13.1 Å². The number of esters is 1. The Morgan fingerprint density at radius 1 is 1.33 bits per heavy atom. The molecule has 0 saturated carbocycles. The zero-order chi connectivity index (χ0) is 22.1. The fourth-order valence-corrected chi connectivity index (χ4v) is 3.67. The topological polar surface area (TPSA) is 84.9 Å². The number of amides is 2. The Hall–Kier alpha value is -2.09. The average Bonchev–Trinajstić information content (AvgIpc) is 2.73. The van der Waals surface area contributed by atoms with Crippen molar-refractivity contribution in [3.63, 3.8) is 0 Å². The standard InChI is InChI=1S/C22H31BrN2O5/c1-4-6-11-29-21(27)13-18-22(28)24-9-10-25(18)20(26)14-30-19-8-7-16(12-17(19)23)15(3)5-2/h7-8,12,15,18H,4-6,9-11,13-14H2,1-3H3,(H,24,28). The zero-order valence-electron chi connectivity index (χ0n) is 17.9. The van der Waals surface area contributed by atoms with E-state index in [4.69, 9.17) is 9.47 Å². The summed E-state index contributed by atoms with van der Waals surface area (Å²) in [5, 5.41) is 2.71. The van der Waals surface area contributed by atoms with E-state index in [1.165, 1.54) is 10.5 Å². The van der Waals surface area contributed by atoms with Gasteiger partial charge < -0.3 is 19.7 Å². The van der Waals surface area contributed by atoms with Crippen molar-refractivity contribution in [3.05, 3.63) is 28.2 Å². The number of nitrogens with one attached hydrogen (secondary N) is 1. The Morgan fingerprint density at radius 2 is 2.10 bits per heavy atom. The highest BCUT2D eigenvalue weighted by Crippen LogP contribution is 2.30. The fourth-order valence-electron chi connectivity index (χ4n) is 3.16. The van der Waals surface area contributed by atoms with E-state index < -0.39 is 12.0 Å². The SMILES string of the molecule is CCCCOC(=O)CC1C(=O)NCCN1C(=O)COc1ccc(C(C)CC)cc1Br. The number of ether oxygens (including phenoxy) is 2. The first-order valence-electron chi connectivity index (χ1n) is 10.5. The van der Waals surface area contributed by atoms with Crippen molar-refractivity contribution in [2.75, 3.05) is 26.3 Å². The van der Waals surface area contributed by atoms with Crippen molar-refractivity contribution >= 4 is 33.7 Å². The minimum atomic E-state index is -0.875. The molecule has 1 N–H and O–H groups in total. The van der Waals surface area contributed by atoms with Crippen LogP contribution in [0.3, 0.4) is 0 Å². The Kier molecular flexibility index (Phi) is 9.62. The lowest BCUT2D eigenvalue weighted by molar-refractivity contribution is -0.152. The molecule has 8 heteroatoms. The summed E-state index contributed by atoms with van der Waals surface area (Å²) < 4.78 is 11.6. The lowest BCUT2D eigenvalue weighted by Crippen LogP contribution is -2.58. The number of carbonyl (C=O) groups is 3. The molecule has 166 valence electrons. The number of hydrogen-bond acceptors (Lipinski definition) is 5. The maximum absolute atomic E-state index is 12.8.